The van der Waals surface area contributed by atoms with E-state index in [0.29, 0.717) is 17.8 Å². The Bertz CT molecular complexity index is 863. The minimum absolute atomic E-state index is 0.240. The largest absolute Gasteiger partial charge is 0.426 e. The molecular formula is C26H36O4. The van der Waals surface area contributed by atoms with Gasteiger partial charge in [-0.15, -0.1) is 0 Å². The van der Waals surface area contributed by atoms with Gasteiger partial charge in [0, 0.05) is 23.9 Å². The summed E-state index contributed by atoms with van der Waals surface area (Å²) < 4.78 is 10.6. The van der Waals surface area contributed by atoms with Crippen LogP contribution in [0.15, 0.2) is 45.6 Å². The van der Waals surface area contributed by atoms with Crippen LogP contribution in [-0.4, -0.2) is 5.97 Å². The van der Waals surface area contributed by atoms with Gasteiger partial charge in [-0.3, -0.25) is 4.79 Å². The van der Waals surface area contributed by atoms with Crippen LogP contribution in [0.25, 0.3) is 11.0 Å². The van der Waals surface area contributed by atoms with Crippen LogP contribution < -0.4 is 10.4 Å². The number of rotatable bonds is 14. The number of carbonyl (C=O) groups is 1. The molecule has 0 unspecified atom stereocenters. The molecule has 1 aromatic heterocycles. The molecule has 0 aliphatic heterocycles. The van der Waals surface area contributed by atoms with Crippen LogP contribution in [0, 0.1) is 6.92 Å². The average Bonchev–Trinajstić information content (AvgIpc) is 2.71. The Kier molecular flexibility index (Phi) is 11.0. The zero-order valence-corrected chi connectivity index (χ0v) is 18.6. The van der Waals surface area contributed by atoms with E-state index >= 15 is 0 Å². The van der Waals surface area contributed by atoms with Gasteiger partial charge in [0.1, 0.15) is 11.3 Å². The summed E-state index contributed by atoms with van der Waals surface area (Å²) in [6.45, 7) is 4.10. The number of hydrogen-bond acceptors (Lipinski definition) is 4. The van der Waals surface area contributed by atoms with E-state index in [9.17, 15) is 9.59 Å². The fourth-order valence-electron chi connectivity index (χ4n) is 3.54. The van der Waals surface area contributed by atoms with E-state index in [0.717, 1.165) is 36.6 Å². The van der Waals surface area contributed by atoms with Crippen molar-refractivity contribution in [1.29, 1.82) is 0 Å². The first kappa shape index (κ1) is 23.9. The van der Waals surface area contributed by atoms with Crippen molar-refractivity contribution < 1.29 is 13.9 Å². The number of benzene rings is 1. The van der Waals surface area contributed by atoms with Crippen LogP contribution in [0.3, 0.4) is 0 Å². The highest BCUT2D eigenvalue weighted by Gasteiger charge is 2.08. The van der Waals surface area contributed by atoms with Crippen LogP contribution >= 0.6 is 0 Å². The third-order valence-corrected chi connectivity index (χ3v) is 5.30. The Morgan fingerprint density at radius 2 is 1.60 bits per heavy atom. The van der Waals surface area contributed by atoms with Gasteiger partial charge in [0.25, 0.3) is 0 Å². The maximum absolute atomic E-state index is 12.1. The predicted molar refractivity (Wildman–Crippen MR) is 123 cm³/mol. The summed E-state index contributed by atoms with van der Waals surface area (Å²) in [4.78, 5) is 23.6. The zero-order chi connectivity index (χ0) is 21.6. The van der Waals surface area contributed by atoms with Gasteiger partial charge in [-0.05, 0) is 56.7 Å². The molecule has 2 aromatic rings. The minimum Gasteiger partial charge on any atom is -0.426 e. The van der Waals surface area contributed by atoms with Crippen LogP contribution in [0.1, 0.15) is 89.5 Å². The molecular weight excluding hydrogens is 376 g/mol. The van der Waals surface area contributed by atoms with Crippen molar-refractivity contribution in [3.05, 3.63) is 52.4 Å². The molecule has 0 aliphatic carbocycles. The summed E-state index contributed by atoms with van der Waals surface area (Å²) in [7, 11) is 0. The predicted octanol–water partition coefficient (Wildman–Crippen LogP) is 7.26. The number of ether oxygens (including phenoxy) is 1. The molecule has 0 saturated heterocycles. The van der Waals surface area contributed by atoms with Gasteiger partial charge in [-0.1, -0.05) is 57.6 Å². The number of esters is 1. The molecule has 0 amide bonds. The number of aryl methyl sites for hydroxylation is 1. The van der Waals surface area contributed by atoms with E-state index < -0.39 is 5.63 Å². The van der Waals surface area contributed by atoms with Gasteiger partial charge in [-0.2, -0.15) is 0 Å². The first-order valence-corrected chi connectivity index (χ1v) is 11.5. The first-order valence-electron chi connectivity index (χ1n) is 11.5. The summed E-state index contributed by atoms with van der Waals surface area (Å²) in [5.41, 5.74) is 0.896. The number of unbranched alkanes of at least 4 members (excludes halogenated alkanes) is 9. The van der Waals surface area contributed by atoms with E-state index in [1.165, 1.54) is 51.0 Å². The summed E-state index contributed by atoms with van der Waals surface area (Å²) in [5, 5.41) is 0.848. The molecule has 4 nitrogen and oxygen atoms in total. The topological polar surface area (TPSA) is 56.5 Å². The van der Waals surface area contributed by atoms with Crippen LogP contribution in [0.5, 0.6) is 5.75 Å². The number of allylic oxidation sites excluding steroid dienone is 2. The van der Waals surface area contributed by atoms with Crippen molar-refractivity contribution in [1.82, 2.24) is 0 Å². The molecule has 1 aromatic carbocycles. The molecule has 0 bridgehead atoms. The lowest BCUT2D eigenvalue weighted by Crippen LogP contribution is -2.07. The number of carbonyl (C=O) groups excluding carboxylic acids is 1. The zero-order valence-electron chi connectivity index (χ0n) is 18.6. The summed E-state index contributed by atoms with van der Waals surface area (Å²) >= 11 is 0. The molecule has 30 heavy (non-hydrogen) atoms. The third kappa shape index (κ3) is 8.98. The molecule has 0 radical (unpaired) electrons. The highest BCUT2D eigenvalue weighted by Crippen LogP contribution is 2.22. The van der Waals surface area contributed by atoms with Crippen molar-refractivity contribution in [2.24, 2.45) is 0 Å². The van der Waals surface area contributed by atoms with E-state index in [-0.39, 0.29) is 5.97 Å². The second-order valence-electron chi connectivity index (χ2n) is 8.01. The highest BCUT2D eigenvalue weighted by molar-refractivity contribution is 5.82. The Labute approximate surface area is 180 Å². The van der Waals surface area contributed by atoms with Crippen molar-refractivity contribution in [3.8, 4) is 5.75 Å². The Morgan fingerprint density at radius 1 is 0.933 bits per heavy atom. The smallest absolute Gasteiger partial charge is 0.336 e. The lowest BCUT2D eigenvalue weighted by atomic mass is 10.1. The summed E-state index contributed by atoms with van der Waals surface area (Å²) in [6.07, 6.45) is 18.2. The van der Waals surface area contributed by atoms with Gasteiger partial charge < -0.3 is 9.15 Å². The van der Waals surface area contributed by atoms with E-state index in [1.807, 2.05) is 13.0 Å². The molecule has 0 N–H and O–H groups in total. The van der Waals surface area contributed by atoms with E-state index in [1.54, 1.807) is 12.1 Å². The van der Waals surface area contributed by atoms with Crippen molar-refractivity contribution >= 4 is 16.9 Å². The van der Waals surface area contributed by atoms with E-state index in [2.05, 4.69) is 19.1 Å². The van der Waals surface area contributed by atoms with E-state index in [4.69, 9.17) is 9.15 Å². The maximum atomic E-state index is 12.1. The van der Waals surface area contributed by atoms with Crippen LogP contribution in [0.4, 0.5) is 0 Å². The van der Waals surface area contributed by atoms with Crippen molar-refractivity contribution in [2.75, 3.05) is 0 Å². The molecule has 0 atom stereocenters. The normalized spacial score (nSPS) is 11.4. The average molecular weight is 413 g/mol. The first-order chi connectivity index (χ1) is 14.6. The lowest BCUT2D eigenvalue weighted by Gasteiger charge is -2.06. The van der Waals surface area contributed by atoms with Gasteiger partial charge in [0.15, 0.2) is 0 Å². The number of fused-ring (bicyclic) bond motifs is 1. The second kappa shape index (κ2) is 13.8. The van der Waals surface area contributed by atoms with Gasteiger partial charge in [0.2, 0.25) is 0 Å². The second-order valence-corrected chi connectivity index (χ2v) is 8.01. The molecule has 0 aliphatic rings. The molecule has 0 saturated carbocycles. The summed E-state index contributed by atoms with van der Waals surface area (Å²) in [6, 6.07) is 6.62. The molecule has 0 fully saturated rings. The summed E-state index contributed by atoms with van der Waals surface area (Å²) in [5.74, 6) is 0.179. The van der Waals surface area contributed by atoms with Gasteiger partial charge in [0.05, 0.1) is 0 Å². The van der Waals surface area contributed by atoms with Crippen LogP contribution in [0.2, 0.25) is 0 Å². The Morgan fingerprint density at radius 3 is 2.33 bits per heavy atom. The minimum atomic E-state index is -0.397. The standard InChI is InChI=1S/C26H36O4/c1-3-4-5-6-7-8-9-10-11-12-13-14-15-16-25(27)29-22-17-18-23-21(2)19-26(28)30-24(23)20-22/h8-9,17-20H,3-7,10-16H2,1-2H3. The molecule has 4 heteroatoms. The van der Waals surface area contributed by atoms with Gasteiger partial charge in [-0.25, -0.2) is 4.79 Å². The third-order valence-electron chi connectivity index (χ3n) is 5.30. The van der Waals surface area contributed by atoms with Crippen LogP contribution in [-0.2, 0) is 4.79 Å². The van der Waals surface area contributed by atoms with Crippen molar-refractivity contribution in [3.63, 3.8) is 0 Å². The molecule has 2 rings (SSSR count). The Hall–Kier alpha value is -2.36. The fourth-order valence-corrected chi connectivity index (χ4v) is 3.54. The molecule has 0 spiro atoms. The van der Waals surface area contributed by atoms with Crippen molar-refractivity contribution in [2.45, 2.75) is 90.9 Å². The monoisotopic (exact) mass is 412 g/mol. The Balaban J connectivity index is 1.56. The maximum Gasteiger partial charge on any atom is 0.336 e. The van der Waals surface area contributed by atoms with Gasteiger partial charge >= 0.3 is 11.6 Å². The molecule has 164 valence electrons. The fraction of sp³-hybridized carbons (Fsp3) is 0.538. The quantitative estimate of drug-likeness (QED) is 0.108. The lowest BCUT2D eigenvalue weighted by molar-refractivity contribution is -0.134. The molecule has 1 heterocycles. The SMILES string of the molecule is CCCCCCC=CCCCCCCCC(=O)Oc1ccc2c(C)cc(=O)oc2c1. The number of hydrogen-bond donors (Lipinski definition) is 0. The highest BCUT2D eigenvalue weighted by atomic mass is 16.5.